The smallest absolute Gasteiger partial charge is 0.228 e. The van der Waals surface area contributed by atoms with Gasteiger partial charge in [0.2, 0.25) is 11.6 Å². The van der Waals surface area contributed by atoms with Crippen LogP contribution in [0.3, 0.4) is 0 Å². The van der Waals surface area contributed by atoms with Crippen molar-refractivity contribution in [3.05, 3.63) is 71.3 Å². The van der Waals surface area contributed by atoms with E-state index >= 15 is 0 Å². The van der Waals surface area contributed by atoms with Gasteiger partial charge >= 0.3 is 0 Å². The largest absolute Gasteiger partial charge is 0.290 e. The van der Waals surface area contributed by atoms with Gasteiger partial charge in [0.15, 0.2) is 0 Å². The Labute approximate surface area is 143 Å². The van der Waals surface area contributed by atoms with Crippen LogP contribution >= 0.6 is 0 Å². The van der Waals surface area contributed by atoms with Gasteiger partial charge in [-0.2, -0.15) is 0 Å². The van der Waals surface area contributed by atoms with E-state index in [9.17, 15) is 9.59 Å². The molecule has 0 N–H and O–H groups in total. The van der Waals surface area contributed by atoms with Gasteiger partial charge in [-0.15, -0.1) is 0 Å². The van der Waals surface area contributed by atoms with E-state index in [4.69, 9.17) is 0 Å². The van der Waals surface area contributed by atoms with Crippen LogP contribution in [0.5, 0.6) is 0 Å². The number of carbonyl (C=O) groups is 2. The maximum Gasteiger partial charge on any atom is 0.228 e. The molecule has 0 bridgehead atoms. The molecule has 1 saturated carbocycles. The van der Waals surface area contributed by atoms with Crippen molar-refractivity contribution in [1.82, 2.24) is 0 Å². The van der Waals surface area contributed by atoms with Crippen LogP contribution in [0, 0.1) is 12.8 Å². The van der Waals surface area contributed by atoms with Gasteiger partial charge in [0, 0.05) is 12.0 Å². The molecule has 0 saturated heterocycles. The highest BCUT2D eigenvalue weighted by Gasteiger charge is 2.26. The second kappa shape index (κ2) is 7.57. The van der Waals surface area contributed by atoms with Crippen LogP contribution in [0.15, 0.2) is 54.6 Å². The second-order valence-corrected chi connectivity index (χ2v) is 6.95. The Morgan fingerprint density at radius 3 is 2.12 bits per heavy atom. The standard InChI is InChI=1S/C22H24O2/c1-16-7-11-18(12-8-16)19-13-9-17(10-14-19)15-21(23)22(24)20-5-3-2-4-6-20/h2-8,11-12,17,19H,9-10,13-15H2,1H3. The maximum absolute atomic E-state index is 12.3. The van der Waals surface area contributed by atoms with E-state index in [2.05, 4.69) is 31.2 Å². The number of Topliss-reactive ketones (excluding diaryl/α,β-unsaturated/α-hetero) is 2. The highest BCUT2D eigenvalue weighted by molar-refractivity contribution is 6.43. The lowest BCUT2D eigenvalue weighted by Crippen LogP contribution is -2.21. The minimum absolute atomic E-state index is 0.236. The maximum atomic E-state index is 12.3. The Balaban J connectivity index is 1.53. The first-order chi connectivity index (χ1) is 11.6. The van der Waals surface area contributed by atoms with Gasteiger partial charge in [-0.05, 0) is 50.0 Å². The SMILES string of the molecule is Cc1ccc(C2CCC(CC(=O)C(=O)c3ccccc3)CC2)cc1. The molecule has 0 heterocycles. The van der Waals surface area contributed by atoms with Crippen LogP contribution in [0.1, 0.15) is 59.5 Å². The van der Waals surface area contributed by atoms with Crippen molar-refractivity contribution < 1.29 is 9.59 Å². The average Bonchev–Trinajstić information content (AvgIpc) is 2.63. The molecule has 0 aromatic heterocycles. The molecule has 0 amide bonds. The van der Waals surface area contributed by atoms with Crippen molar-refractivity contribution in [3.8, 4) is 0 Å². The Morgan fingerprint density at radius 1 is 0.875 bits per heavy atom. The highest BCUT2D eigenvalue weighted by atomic mass is 16.2. The molecule has 3 rings (SSSR count). The van der Waals surface area contributed by atoms with Gasteiger partial charge < -0.3 is 0 Å². The van der Waals surface area contributed by atoms with Gasteiger partial charge in [0.25, 0.3) is 0 Å². The summed E-state index contributed by atoms with van der Waals surface area (Å²) in [7, 11) is 0. The highest BCUT2D eigenvalue weighted by Crippen LogP contribution is 2.37. The quantitative estimate of drug-likeness (QED) is 0.566. The fraction of sp³-hybridized carbons (Fsp3) is 0.364. The Bertz CT molecular complexity index is 693. The van der Waals surface area contributed by atoms with Crippen LogP contribution in [0.2, 0.25) is 0 Å². The van der Waals surface area contributed by atoms with Crippen LogP contribution in [0.25, 0.3) is 0 Å². The minimum Gasteiger partial charge on any atom is -0.290 e. The van der Waals surface area contributed by atoms with Gasteiger partial charge in [0.1, 0.15) is 0 Å². The van der Waals surface area contributed by atoms with E-state index in [1.54, 1.807) is 24.3 Å². The fourth-order valence-electron chi connectivity index (χ4n) is 3.64. The Kier molecular flexibility index (Phi) is 5.24. The molecule has 2 aromatic carbocycles. The first kappa shape index (κ1) is 16.6. The van der Waals surface area contributed by atoms with E-state index < -0.39 is 0 Å². The van der Waals surface area contributed by atoms with E-state index in [-0.39, 0.29) is 11.6 Å². The van der Waals surface area contributed by atoms with E-state index in [1.807, 2.05) is 6.07 Å². The fourth-order valence-corrected chi connectivity index (χ4v) is 3.64. The first-order valence-corrected chi connectivity index (χ1v) is 8.82. The molecule has 1 aliphatic carbocycles. The minimum atomic E-state index is -0.337. The third kappa shape index (κ3) is 4.00. The normalized spacial score (nSPS) is 20.5. The molecule has 0 radical (unpaired) electrons. The zero-order valence-corrected chi connectivity index (χ0v) is 14.2. The van der Waals surface area contributed by atoms with Gasteiger partial charge in [-0.25, -0.2) is 0 Å². The molecule has 24 heavy (non-hydrogen) atoms. The van der Waals surface area contributed by atoms with Crippen LogP contribution < -0.4 is 0 Å². The predicted molar refractivity (Wildman–Crippen MR) is 96.3 cm³/mol. The van der Waals surface area contributed by atoms with Crippen molar-refractivity contribution in [1.29, 1.82) is 0 Å². The summed E-state index contributed by atoms with van der Waals surface area (Å²) < 4.78 is 0. The number of carbonyl (C=O) groups excluding carboxylic acids is 2. The summed E-state index contributed by atoms with van der Waals surface area (Å²) in [6.07, 6.45) is 4.69. The van der Waals surface area contributed by atoms with E-state index in [1.165, 1.54) is 11.1 Å². The van der Waals surface area contributed by atoms with Gasteiger partial charge in [-0.1, -0.05) is 60.2 Å². The van der Waals surface area contributed by atoms with Crippen molar-refractivity contribution in [3.63, 3.8) is 0 Å². The number of hydrogen-bond acceptors (Lipinski definition) is 2. The monoisotopic (exact) mass is 320 g/mol. The topological polar surface area (TPSA) is 34.1 Å². The molecular weight excluding hydrogens is 296 g/mol. The average molecular weight is 320 g/mol. The van der Waals surface area contributed by atoms with Gasteiger partial charge in [-0.3, -0.25) is 9.59 Å². The van der Waals surface area contributed by atoms with Crippen molar-refractivity contribution in [2.75, 3.05) is 0 Å². The molecule has 1 aliphatic rings. The molecule has 2 heteroatoms. The molecule has 1 fully saturated rings. The number of rotatable bonds is 5. The molecular formula is C22H24O2. The van der Waals surface area contributed by atoms with Crippen LogP contribution in [0.4, 0.5) is 0 Å². The summed E-state index contributed by atoms with van der Waals surface area (Å²) in [5, 5.41) is 0. The summed E-state index contributed by atoms with van der Waals surface area (Å²) in [6.45, 7) is 2.11. The van der Waals surface area contributed by atoms with Crippen molar-refractivity contribution in [2.45, 2.75) is 44.9 Å². The second-order valence-electron chi connectivity index (χ2n) is 6.95. The molecule has 0 atom stereocenters. The lowest BCUT2D eigenvalue weighted by Gasteiger charge is -2.28. The number of ketones is 2. The summed E-state index contributed by atoms with van der Waals surface area (Å²) in [5.74, 6) is 0.380. The summed E-state index contributed by atoms with van der Waals surface area (Å²) in [4.78, 5) is 24.4. The van der Waals surface area contributed by atoms with Crippen LogP contribution in [-0.4, -0.2) is 11.6 Å². The number of aryl methyl sites for hydroxylation is 1. The van der Waals surface area contributed by atoms with Crippen LogP contribution in [-0.2, 0) is 4.79 Å². The third-order valence-electron chi connectivity index (χ3n) is 5.16. The molecule has 2 aromatic rings. The van der Waals surface area contributed by atoms with Crippen molar-refractivity contribution in [2.24, 2.45) is 5.92 Å². The zero-order valence-electron chi connectivity index (χ0n) is 14.2. The summed E-state index contributed by atoms with van der Waals surface area (Å²) in [5.41, 5.74) is 3.21. The lowest BCUT2D eigenvalue weighted by molar-refractivity contribution is -0.116. The third-order valence-corrected chi connectivity index (χ3v) is 5.16. The number of hydrogen-bond donors (Lipinski definition) is 0. The van der Waals surface area contributed by atoms with Crippen molar-refractivity contribution >= 4 is 11.6 Å². The summed E-state index contributed by atoms with van der Waals surface area (Å²) >= 11 is 0. The predicted octanol–water partition coefficient (Wildman–Crippen LogP) is 5.11. The molecule has 124 valence electrons. The van der Waals surface area contributed by atoms with E-state index in [0.717, 1.165) is 25.7 Å². The first-order valence-electron chi connectivity index (χ1n) is 8.82. The lowest BCUT2D eigenvalue weighted by atomic mass is 9.76. The summed E-state index contributed by atoms with van der Waals surface area (Å²) in [6, 6.07) is 17.7. The molecule has 0 spiro atoms. The molecule has 0 aliphatic heterocycles. The van der Waals surface area contributed by atoms with E-state index in [0.29, 0.717) is 23.8 Å². The van der Waals surface area contributed by atoms with Gasteiger partial charge in [0.05, 0.1) is 0 Å². The number of benzene rings is 2. The molecule has 2 nitrogen and oxygen atoms in total. The molecule has 0 unspecified atom stereocenters. The Hall–Kier alpha value is -2.22. The zero-order chi connectivity index (χ0) is 16.9. The Morgan fingerprint density at radius 2 is 1.50 bits per heavy atom.